The van der Waals surface area contributed by atoms with Crippen molar-refractivity contribution in [2.24, 2.45) is 7.05 Å². The molecule has 0 bridgehead atoms. The Labute approximate surface area is 114 Å². The van der Waals surface area contributed by atoms with Gasteiger partial charge >= 0.3 is 0 Å². The molecule has 3 nitrogen and oxygen atoms in total. The predicted molar refractivity (Wildman–Crippen MR) is 79.4 cm³/mol. The van der Waals surface area contributed by atoms with Gasteiger partial charge in [0.15, 0.2) is 0 Å². The average Bonchev–Trinajstić information content (AvgIpc) is 2.71. The summed E-state index contributed by atoms with van der Waals surface area (Å²) in [5, 5.41) is 1.34. The van der Waals surface area contributed by atoms with Gasteiger partial charge in [-0.05, 0) is 32.0 Å². The van der Waals surface area contributed by atoms with Crippen LogP contribution in [-0.4, -0.2) is 35.4 Å². The number of rotatable bonds is 6. The SMILES string of the molecule is CC(=O)CCN(C)CCc1cn(C)c2ccccc12. The lowest BCUT2D eigenvalue weighted by molar-refractivity contribution is -0.117. The second kappa shape index (κ2) is 6.02. The Hall–Kier alpha value is -1.61. The van der Waals surface area contributed by atoms with Gasteiger partial charge in [0, 0.05) is 43.7 Å². The van der Waals surface area contributed by atoms with Crippen molar-refractivity contribution in [3.8, 4) is 0 Å². The van der Waals surface area contributed by atoms with E-state index in [9.17, 15) is 4.79 Å². The van der Waals surface area contributed by atoms with E-state index in [1.54, 1.807) is 6.92 Å². The molecule has 102 valence electrons. The maximum absolute atomic E-state index is 11.0. The molecule has 0 spiro atoms. The first-order valence-electron chi connectivity index (χ1n) is 6.79. The van der Waals surface area contributed by atoms with Crippen LogP contribution in [0.5, 0.6) is 0 Å². The molecule has 19 heavy (non-hydrogen) atoms. The van der Waals surface area contributed by atoms with E-state index in [2.05, 4.69) is 54.0 Å². The zero-order valence-corrected chi connectivity index (χ0v) is 12.0. The number of fused-ring (bicyclic) bond motifs is 1. The highest BCUT2D eigenvalue weighted by Crippen LogP contribution is 2.20. The summed E-state index contributed by atoms with van der Waals surface area (Å²) in [7, 11) is 4.17. The smallest absolute Gasteiger partial charge is 0.131 e. The highest BCUT2D eigenvalue weighted by molar-refractivity contribution is 5.83. The fourth-order valence-electron chi connectivity index (χ4n) is 2.40. The third-order valence-corrected chi connectivity index (χ3v) is 3.59. The fraction of sp³-hybridized carbons (Fsp3) is 0.438. The third-order valence-electron chi connectivity index (χ3n) is 3.59. The number of para-hydroxylation sites is 1. The molecule has 0 unspecified atom stereocenters. The molecule has 2 aromatic rings. The van der Waals surface area contributed by atoms with Gasteiger partial charge in [0.25, 0.3) is 0 Å². The van der Waals surface area contributed by atoms with Crippen LogP contribution in [-0.2, 0) is 18.3 Å². The summed E-state index contributed by atoms with van der Waals surface area (Å²) in [6.45, 7) is 3.49. The van der Waals surface area contributed by atoms with Gasteiger partial charge in [-0.15, -0.1) is 0 Å². The van der Waals surface area contributed by atoms with Crippen molar-refractivity contribution < 1.29 is 4.79 Å². The largest absolute Gasteiger partial charge is 0.350 e. The number of ketones is 1. The first-order valence-corrected chi connectivity index (χ1v) is 6.79. The monoisotopic (exact) mass is 258 g/mol. The Morgan fingerprint density at radius 2 is 2.00 bits per heavy atom. The molecule has 0 aliphatic rings. The van der Waals surface area contributed by atoms with Crippen molar-refractivity contribution in [2.75, 3.05) is 20.1 Å². The van der Waals surface area contributed by atoms with Gasteiger partial charge in [-0.2, -0.15) is 0 Å². The van der Waals surface area contributed by atoms with Crippen molar-refractivity contribution >= 4 is 16.7 Å². The minimum atomic E-state index is 0.261. The van der Waals surface area contributed by atoms with Crippen LogP contribution in [0.25, 0.3) is 10.9 Å². The zero-order valence-electron chi connectivity index (χ0n) is 12.0. The van der Waals surface area contributed by atoms with Crippen molar-refractivity contribution in [3.63, 3.8) is 0 Å². The Balaban J connectivity index is 2.00. The van der Waals surface area contributed by atoms with E-state index in [1.165, 1.54) is 16.5 Å². The highest BCUT2D eigenvalue weighted by Gasteiger charge is 2.07. The summed E-state index contributed by atoms with van der Waals surface area (Å²) in [6.07, 6.45) is 3.88. The number of aryl methyl sites for hydroxylation is 1. The molecule has 1 aromatic heterocycles. The Bertz CT molecular complexity index is 571. The molecule has 1 aromatic carbocycles. The topological polar surface area (TPSA) is 25.2 Å². The first-order chi connectivity index (χ1) is 9.08. The van der Waals surface area contributed by atoms with Crippen LogP contribution < -0.4 is 0 Å². The van der Waals surface area contributed by atoms with Crippen molar-refractivity contribution in [1.29, 1.82) is 0 Å². The number of Topliss-reactive ketones (excluding diaryl/α,β-unsaturated/α-hetero) is 1. The Morgan fingerprint density at radius 3 is 2.74 bits per heavy atom. The number of nitrogens with zero attached hydrogens (tertiary/aromatic N) is 2. The molecule has 0 fully saturated rings. The molecule has 0 saturated carbocycles. The van der Waals surface area contributed by atoms with Crippen molar-refractivity contribution in [3.05, 3.63) is 36.0 Å². The molecule has 0 aliphatic heterocycles. The van der Waals surface area contributed by atoms with E-state index in [0.717, 1.165) is 19.5 Å². The van der Waals surface area contributed by atoms with E-state index in [-0.39, 0.29) is 5.78 Å². The molecule has 0 radical (unpaired) electrons. The summed E-state index contributed by atoms with van der Waals surface area (Å²) in [5.74, 6) is 0.261. The quantitative estimate of drug-likeness (QED) is 0.796. The predicted octanol–water partition coefficient (Wildman–Crippen LogP) is 2.63. The number of aromatic nitrogens is 1. The van der Waals surface area contributed by atoms with Gasteiger partial charge in [-0.3, -0.25) is 4.79 Å². The zero-order chi connectivity index (χ0) is 13.8. The normalized spacial score (nSPS) is 11.4. The molecule has 0 atom stereocenters. The second-order valence-electron chi connectivity index (χ2n) is 5.29. The van der Waals surface area contributed by atoms with E-state index in [1.807, 2.05) is 0 Å². The highest BCUT2D eigenvalue weighted by atomic mass is 16.1. The lowest BCUT2D eigenvalue weighted by Crippen LogP contribution is -2.23. The molecule has 3 heteroatoms. The van der Waals surface area contributed by atoms with Gasteiger partial charge in [0.1, 0.15) is 5.78 Å². The summed E-state index contributed by atoms with van der Waals surface area (Å²) in [5.41, 5.74) is 2.66. The second-order valence-corrected chi connectivity index (χ2v) is 5.29. The molecular weight excluding hydrogens is 236 g/mol. The first kappa shape index (κ1) is 13.8. The molecule has 0 aliphatic carbocycles. The summed E-state index contributed by atoms with van der Waals surface area (Å²) < 4.78 is 2.18. The number of hydrogen-bond donors (Lipinski definition) is 0. The summed E-state index contributed by atoms with van der Waals surface area (Å²) >= 11 is 0. The van der Waals surface area contributed by atoms with E-state index in [4.69, 9.17) is 0 Å². The number of likely N-dealkylation sites (N-methyl/N-ethyl adjacent to an activating group) is 1. The lowest BCUT2D eigenvalue weighted by Gasteiger charge is -2.15. The van der Waals surface area contributed by atoms with Crippen molar-refractivity contribution in [2.45, 2.75) is 19.8 Å². The fourth-order valence-corrected chi connectivity index (χ4v) is 2.40. The van der Waals surface area contributed by atoms with E-state index < -0.39 is 0 Å². The van der Waals surface area contributed by atoms with Gasteiger partial charge in [0.2, 0.25) is 0 Å². The van der Waals surface area contributed by atoms with Crippen LogP contribution >= 0.6 is 0 Å². The molecule has 2 rings (SSSR count). The Kier molecular flexibility index (Phi) is 4.38. The third kappa shape index (κ3) is 3.44. The molecule has 0 N–H and O–H groups in total. The minimum absolute atomic E-state index is 0.261. The minimum Gasteiger partial charge on any atom is -0.350 e. The molecule has 1 heterocycles. The maximum Gasteiger partial charge on any atom is 0.131 e. The van der Waals surface area contributed by atoms with Crippen LogP contribution in [0.15, 0.2) is 30.5 Å². The number of benzene rings is 1. The molecular formula is C16H22N2O. The van der Waals surface area contributed by atoms with Gasteiger partial charge in [-0.25, -0.2) is 0 Å². The van der Waals surface area contributed by atoms with Crippen LogP contribution in [0.2, 0.25) is 0 Å². The summed E-state index contributed by atoms with van der Waals surface area (Å²) in [4.78, 5) is 13.2. The van der Waals surface area contributed by atoms with Crippen LogP contribution in [0.4, 0.5) is 0 Å². The summed E-state index contributed by atoms with van der Waals surface area (Å²) in [6, 6.07) is 8.49. The van der Waals surface area contributed by atoms with Crippen LogP contribution in [0.1, 0.15) is 18.9 Å². The number of carbonyl (C=O) groups is 1. The van der Waals surface area contributed by atoms with Gasteiger partial charge in [-0.1, -0.05) is 18.2 Å². The van der Waals surface area contributed by atoms with Gasteiger partial charge in [0.05, 0.1) is 0 Å². The van der Waals surface area contributed by atoms with Crippen LogP contribution in [0.3, 0.4) is 0 Å². The molecule has 0 amide bonds. The Morgan fingerprint density at radius 1 is 1.26 bits per heavy atom. The number of carbonyl (C=O) groups excluding carboxylic acids is 1. The molecule has 0 saturated heterocycles. The average molecular weight is 258 g/mol. The van der Waals surface area contributed by atoms with Crippen LogP contribution in [0, 0.1) is 0 Å². The van der Waals surface area contributed by atoms with Gasteiger partial charge < -0.3 is 9.47 Å². The van der Waals surface area contributed by atoms with E-state index >= 15 is 0 Å². The maximum atomic E-state index is 11.0. The lowest BCUT2D eigenvalue weighted by atomic mass is 10.1. The number of hydrogen-bond acceptors (Lipinski definition) is 2. The standard InChI is InChI=1S/C16H22N2O/c1-13(19)8-10-17(2)11-9-14-12-18(3)16-7-5-4-6-15(14)16/h4-7,12H,8-11H2,1-3H3. The van der Waals surface area contributed by atoms with Crippen molar-refractivity contribution in [1.82, 2.24) is 9.47 Å². The van der Waals surface area contributed by atoms with E-state index in [0.29, 0.717) is 6.42 Å².